The summed E-state index contributed by atoms with van der Waals surface area (Å²) in [6.45, 7) is 0.638. The van der Waals surface area contributed by atoms with Gasteiger partial charge < -0.3 is 9.80 Å². The van der Waals surface area contributed by atoms with Crippen LogP contribution < -0.4 is 0 Å². The SMILES string of the molecule is CN1C(=O)C2=CCCN2C(=O)[C@H]1Cc1ccccc1. The summed E-state index contributed by atoms with van der Waals surface area (Å²) < 4.78 is 0. The number of hydrogen-bond donors (Lipinski definition) is 0. The van der Waals surface area contributed by atoms with Crippen LogP contribution in [-0.4, -0.2) is 41.2 Å². The van der Waals surface area contributed by atoms with Gasteiger partial charge in [0.2, 0.25) is 5.91 Å². The van der Waals surface area contributed by atoms with Gasteiger partial charge in [-0.15, -0.1) is 0 Å². The molecule has 1 fully saturated rings. The lowest BCUT2D eigenvalue weighted by molar-refractivity contribution is -0.148. The zero-order valence-electron chi connectivity index (χ0n) is 10.9. The first-order valence-electron chi connectivity index (χ1n) is 6.51. The number of carbonyl (C=O) groups excluding carboxylic acids is 2. The highest BCUT2D eigenvalue weighted by Gasteiger charge is 2.42. The second kappa shape index (κ2) is 4.53. The second-order valence-electron chi connectivity index (χ2n) is 4.99. The summed E-state index contributed by atoms with van der Waals surface area (Å²) in [5, 5.41) is 0. The number of likely N-dealkylation sites (N-methyl/N-ethyl adjacent to an activating group) is 1. The minimum absolute atomic E-state index is 0.0368. The van der Waals surface area contributed by atoms with Crippen LogP contribution in [0.4, 0.5) is 0 Å². The summed E-state index contributed by atoms with van der Waals surface area (Å²) >= 11 is 0. The molecule has 4 heteroatoms. The van der Waals surface area contributed by atoms with Crippen LogP contribution in [0.1, 0.15) is 12.0 Å². The highest BCUT2D eigenvalue weighted by molar-refractivity contribution is 6.05. The summed E-state index contributed by atoms with van der Waals surface area (Å²) in [7, 11) is 1.71. The fourth-order valence-electron chi connectivity index (χ4n) is 2.72. The van der Waals surface area contributed by atoms with Crippen molar-refractivity contribution in [1.82, 2.24) is 9.80 Å². The van der Waals surface area contributed by atoms with E-state index >= 15 is 0 Å². The molecule has 2 aliphatic heterocycles. The van der Waals surface area contributed by atoms with Gasteiger partial charge in [0.1, 0.15) is 11.7 Å². The molecule has 2 aliphatic rings. The van der Waals surface area contributed by atoms with E-state index in [2.05, 4.69) is 0 Å². The van der Waals surface area contributed by atoms with Crippen molar-refractivity contribution < 1.29 is 9.59 Å². The third kappa shape index (κ3) is 1.93. The van der Waals surface area contributed by atoms with Crippen LogP contribution in [0, 0.1) is 0 Å². The second-order valence-corrected chi connectivity index (χ2v) is 4.99. The van der Waals surface area contributed by atoms with E-state index in [1.165, 1.54) is 0 Å². The van der Waals surface area contributed by atoms with Crippen LogP contribution in [0.15, 0.2) is 42.1 Å². The van der Waals surface area contributed by atoms with Crippen LogP contribution in [0.3, 0.4) is 0 Å². The Labute approximate surface area is 112 Å². The fourth-order valence-corrected chi connectivity index (χ4v) is 2.72. The predicted octanol–water partition coefficient (Wildman–Crippen LogP) is 1.19. The lowest BCUT2D eigenvalue weighted by atomic mass is 10.0. The third-order valence-electron chi connectivity index (χ3n) is 3.81. The van der Waals surface area contributed by atoms with Gasteiger partial charge in [0.05, 0.1) is 0 Å². The Balaban J connectivity index is 1.87. The molecule has 0 N–H and O–H groups in total. The Morgan fingerprint density at radius 1 is 1.21 bits per heavy atom. The van der Waals surface area contributed by atoms with Gasteiger partial charge >= 0.3 is 0 Å². The topological polar surface area (TPSA) is 40.6 Å². The molecule has 19 heavy (non-hydrogen) atoms. The van der Waals surface area contributed by atoms with E-state index < -0.39 is 0 Å². The average Bonchev–Trinajstić information content (AvgIpc) is 2.92. The number of amides is 2. The van der Waals surface area contributed by atoms with Gasteiger partial charge in [0.15, 0.2) is 0 Å². The van der Waals surface area contributed by atoms with Crippen molar-refractivity contribution >= 4 is 11.8 Å². The van der Waals surface area contributed by atoms with E-state index in [1.807, 2.05) is 36.4 Å². The molecule has 0 unspecified atom stereocenters. The average molecular weight is 256 g/mol. The third-order valence-corrected chi connectivity index (χ3v) is 3.81. The molecule has 2 amide bonds. The van der Waals surface area contributed by atoms with Gasteiger partial charge in [-0.25, -0.2) is 0 Å². The lowest BCUT2D eigenvalue weighted by Crippen LogP contribution is -2.56. The van der Waals surface area contributed by atoms with Crippen LogP contribution in [0.5, 0.6) is 0 Å². The van der Waals surface area contributed by atoms with Crippen molar-refractivity contribution in [1.29, 1.82) is 0 Å². The van der Waals surface area contributed by atoms with Gasteiger partial charge in [-0.1, -0.05) is 36.4 Å². The molecule has 98 valence electrons. The number of fused-ring (bicyclic) bond motifs is 1. The smallest absolute Gasteiger partial charge is 0.270 e. The molecular formula is C15H16N2O2. The fraction of sp³-hybridized carbons (Fsp3) is 0.333. The summed E-state index contributed by atoms with van der Waals surface area (Å²) in [6, 6.07) is 9.44. The van der Waals surface area contributed by atoms with E-state index in [0.717, 1.165) is 12.0 Å². The monoisotopic (exact) mass is 256 g/mol. The minimum atomic E-state index is -0.384. The summed E-state index contributed by atoms with van der Waals surface area (Å²) in [5.41, 5.74) is 1.63. The van der Waals surface area contributed by atoms with Gasteiger partial charge in [-0.2, -0.15) is 0 Å². The highest BCUT2D eigenvalue weighted by Crippen LogP contribution is 2.26. The summed E-state index contributed by atoms with van der Waals surface area (Å²) in [5.74, 6) is -0.00673. The quantitative estimate of drug-likeness (QED) is 0.797. The Bertz CT molecular complexity index is 551. The van der Waals surface area contributed by atoms with Crippen LogP contribution in [-0.2, 0) is 16.0 Å². The maximum absolute atomic E-state index is 12.5. The van der Waals surface area contributed by atoms with Crippen LogP contribution in [0.25, 0.3) is 0 Å². The van der Waals surface area contributed by atoms with Crippen molar-refractivity contribution in [2.75, 3.05) is 13.6 Å². The first-order chi connectivity index (χ1) is 9.18. The van der Waals surface area contributed by atoms with E-state index in [-0.39, 0.29) is 17.9 Å². The largest absolute Gasteiger partial charge is 0.328 e. The van der Waals surface area contributed by atoms with Gasteiger partial charge in [-0.05, 0) is 12.0 Å². The molecule has 1 atom stereocenters. The Kier molecular flexibility index (Phi) is 2.85. The number of benzene rings is 1. The molecule has 0 spiro atoms. The Morgan fingerprint density at radius 2 is 1.95 bits per heavy atom. The normalized spacial score (nSPS) is 22.6. The van der Waals surface area contributed by atoms with Gasteiger partial charge in [0.25, 0.3) is 5.91 Å². The number of nitrogens with zero attached hydrogens (tertiary/aromatic N) is 2. The minimum Gasteiger partial charge on any atom is -0.328 e. The van der Waals surface area contributed by atoms with Crippen LogP contribution >= 0.6 is 0 Å². The number of rotatable bonds is 2. The lowest BCUT2D eigenvalue weighted by Gasteiger charge is -2.37. The first-order valence-corrected chi connectivity index (χ1v) is 6.51. The number of piperazine rings is 1. The van der Waals surface area contributed by atoms with Crippen molar-refractivity contribution in [3.63, 3.8) is 0 Å². The Hall–Kier alpha value is -2.10. The zero-order valence-corrected chi connectivity index (χ0v) is 10.9. The highest BCUT2D eigenvalue weighted by atomic mass is 16.2. The maximum atomic E-state index is 12.5. The van der Waals surface area contributed by atoms with E-state index in [4.69, 9.17) is 0 Å². The van der Waals surface area contributed by atoms with Crippen LogP contribution in [0.2, 0.25) is 0 Å². The molecule has 1 saturated heterocycles. The molecule has 3 rings (SSSR count). The molecule has 1 aromatic rings. The van der Waals surface area contributed by atoms with Crippen molar-refractivity contribution in [2.45, 2.75) is 18.9 Å². The summed E-state index contributed by atoms with van der Waals surface area (Å²) in [6.07, 6.45) is 3.21. The molecule has 2 heterocycles. The number of hydrogen-bond acceptors (Lipinski definition) is 2. The van der Waals surface area contributed by atoms with Gasteiger partial charge in [0, 0.05) is 20.0 Å². The Morgan fingerprint density at radius 3 is 2.68 bits per heavy atom. The standard InChI is InChI=1S/C15H16N2O2/c1-16-13(10-11-6-3-2-4-7-11)15(19)17-9-5-8-12(17)14(16)18/h2-4,6-8,13H,5,9-10H2,1H3/t13-/m1/s1. The molecule has 0 aliphatic carbocycles. The molecule has 0 bridgehead atoms. The summed E-state index contributed by atoms with van der Waals surface area (Å²) in [4.78, 5) is 27.9. The molecular weight excluding hydrogens is 240 g/mol. The predicted molar refractivity (Wildman–Crippen MR) is 71.1 cm³/mol. The number of carbonyl (C=O) groups is 2. The van der Waals surface area contributed by atoms with E-state index in [0.29, 0.717) is 18.7 Å². The van der Waals surface area contributed by atoms with Crippen molar-refractivity contribution in [3.8, 4) is 0 Å². The molecule has 0 radical (unpaired) electrons. The van der Waals surface area contributed by atoms with E-state index in [1.54, 1.807) is 16.8 Å². The first kappa shape index (κ1) is 12.0. The maximum Gasteiger partial charge on any atom is 0.270 e. The van der Waals surface area contributed by atoms with E-state index in [9.17, 15) is 9.59 Å². The molecule has 0 aromatic heterocycles. The molecule has 0 saturated carbocycles. The van der Waals surface area contributed by atoms with Crippen molar-refractivity contribution in [3.05, 3.63) is 47.7 Å². The van der Waals surface area contributed by atoms with Crippen molar-refractivity contribution in [2.24, 2.45) is 0 Å². The molecule has 1 aromatic carbocycles. The molecule has 4 nitrogen and oxygen atoms in total. The zero-order chi connectivity index (χ0) is 13.4. The van der Waals surface area contributed by atoms with Gasteiger partial charge in [-0.3, -0.25) is 9.59 Å².